The molecule has 1 aromatic carbocycles. The molecule has 3 heteroatoms. The highest BCUT2D eigenvalue weighted by atomic mass is 16.5. The Morgan fingerprint density at radius 1 is 1.39 bits per heavy atom. The Balaban J connectivity index is 2.68. The van der Waals surface area contributed by atoms with Gasteiger partial charge in [0.15, 0.2) is 11.5 Å². The van der Waals surface area contributed by atoms with Gasteiger partial charge in [0, 0.05) is 12.6 Å². The van der Waals surface area contributed by atoms with Gasteiger partial charge in [0.25, 0.3) is 0 Å². The number of ether oxygens (including phenoxy) is 2. The molecule has 0 fully saturated rings. The topological polar surface area (TPSA) is 30.5 Å². The highest BCUT2D eigenvalue weighted by Gasteiger charge is 2.06. The van der Waals surface area contributed by atoms with Gasteiger partial charge in [0.05, 0.1) is 7.11 Å². The van der Waals surface area contributed by atoms with E-state index in [2.05, 4.69) is 31.8 Å². The molecule has 0 aliphatic carbocycles. The standard InChI is InChI=1S/C15H23NO2/c1-5-9-18-14-8-7-13(10-15(14)17-4)11-16-12(3)6-2/h5,7-8,10,12,16H,1,6,9,11H2,2-4H3/t12-/m1/s1. The molecule has 3 nitrogen and oxygen atoms in total. The molecule has 0 radical (unpaired) electrons. The molecule has 0 unspecified atom stereocenters. The Labute approximate surface area is 110 Å². The van der Waals surface area contributed by atoms with Crippen molar-refractivity contribution in [3.8, 4) is 11.5 Å². The van der Waals surface area contributed by atoms with Crippen molar-refractivity contribution >= 4 is 0 Å². The third-order valence-corrected chi connectivity index (χ3v) is 2.85. The van der Waals surface area contributed by atoms with Crippen molar-refractivity contribution in [2.24, 2.45) is 0 Å². The quantitative estimate of drug-likeness (QED) is 0.718. The van der Waals surface area contributed by atoms with E-state index in [0.29, 0.717) is 12.6 Å². The van der Waals surface area contributed by atoms with Gasteiger partial charge in [-0.05, 0) is 31.0 Å². The van der Waals surface area contributed by atoms with Gasteiger partial charge < -0.3 is 14.8 Å². The smallest absolute Gasteiger partial charge is 0.161 e. The van der Waals surface area contributed by atoms with Gasteiger partial charge in [-0.25, -0.2) is 0 Å². The molecule has 0 saturated carbocycles. The fourth-order valence-electron chi connectivity index (χ4n) is 1.53. The Morgan fingerprint density at radius 2 is 2.17 bits per heavy atom. The van der Waals surface area contributed by atoms with Gasteiger partial charge in [-0.3, -0.25) is 0 Å². The molecule has 0 aromatic heterocycles. The molecule has 0 saturated heterocycles. The van der Waals surface area contributed by atoms with Crippen LogP contribution in [0.5, 0.6) is 11.5 Å². The van der Waals surface area contributed by atoms with E-state index >= 15 is 0 Å². The summed E-state index contributed by atoms with van der Waals surface area (Å²) in [5.74, 6) is 1.52. The van der Waals surface area contributed by atoms with E-state index in [0.717, 1.165) is 24.5 Å². The summed E-state index contributed by atoms with van der Waals surface area (Å²) < 4.78 is 10.8. The summed E-state index contributed by atoms with van der Waals surface area (Å²) >= 11 is 0. The molecule has 18 heavy (non-hydrogen) atoms. The summed E-state index contributed by atoms with van der Waals surface area (Å²) in [5.41, 5.74) is 1.19. The van der Waals surface area contributed by atoms with E-state index in [-0.39, 0.29) is 0 Å². The molecular weight excluding hydrogens is 226 g/mol. The normalized spacial score (nSPS) is 11.9. The minimum absolute atomic E-state index is 0.487. The lowest BCUT2D eigenvalue weighted by Crippen LogP contribution is -2.24. The third-order valence-electron chi connectivity index (χ3n) is 2.85. The third kappa shape index (κ3) is 4.41. The van der Waals surface area contributed by atoms with Crippen LogP contribution in [0.1, 0.15) is 25.8 Å². The second kappa shape index (κ2) is 7.77. The van der Waals surface area contributed by atoms with Crippen LogP contribution in [0.15, 0.2) is 30.9 Å². The number of hydrogen-bond acceptors (Lipinski definition) is 3. The van der Waals surface area contributed by atoms with Crippen LogP contribution in [0.25, 0.3) is 0 Å². The average Bonchev–Trinajstić information content (AvgIpc) is 2.42. The maximum atomic E-state index is 5.52. The van der Waals surface area contributed by atoms with Crippen molar-refractivity contribution in [3.63, 3.8) is 0 Å². The van der Waals surface area contributed by atoms with E-state index in [1.165, 1.54) is 5.56 Å². The molecule has 0 bridgehead atoms. The SMILES string of the molecule is C=CCOc1ccc(CN[C@H](C)CC)cc1OC. The van der Waals surface area contributed by atoms with E-state index in [1.54, 1.807) is 13.2 Å². The minimum Gasteiger partial charge on any atom is -0.493 e. The molecule has 100 valence electrons. The van der Waals surface area contributed by atoms with Crippen LogP contribution in [0.3, 0.4) is 0 Å². The lowest BCUT2D eigenvalue weighted by molar-refractivity contribution is 0.326. The summed E-state index contributed by atoms with van der Waals surface area (Å²) in [6, 6.07) is 6.52. The Bertz CT molecular complexity index is 377. The predicted molar refractivity (Wildman–Crippen MR) is 75.3 cm³/mol. The first-order chi connectivity index (χ1) is 8.71. The molecular formula is C15H23NO2. The zero-order valence-corrected chi connectivity index (χ0v) is 11.5. The summed E-state index contributed by atoms with van der Waals surface area (Å²) in [6.45, 7) is 9.31. The van der Waals surface area contributed by atoms with Crippen molar-refractivity contribution < 1.29 is 9.47 Å². The summed E-state index contributed by atoms with van der Waals surface area (Å²) in [5, 5.41) is 3.45. The fraction of sp³-hybridized carbons (Fsp3) is 0.467. The lowest BCUT2D eigenvalue weighted by atomic mass is 10.1. The van der Waals surface area contributed by atoms with Crippen LogP contribution >= 0.6 is 0 Å². The van der Waals surface area contributed by atoms with Crippen LogP contribution in [-0.2, 0) is 6.54 Å². The van der Waals surface area contributed by atoms with Crippen LogP contribution in [-0.4, -0.2) is 19.8 Å². The maximum absolute atomic E-state index is 5.52. The zero-order valence-electron chi connectivity index (χ0n) is 11.5. The van der Waals surface area contributed by atoms with Crippen molar-refractivity contribution in [2.75, 3.05) is 13.7 Å². The molecule has 0 aliphatic rings. The molecule has 1 aromatic rings. The van der Waals surface area contributed by atoms with Gasteiger partial charge in [0.1, 0.15) is 6.61 Å². The van der Waals surface area contributed by atoms with E-state index in [1.807, 2.05) is 12.1 Å². The van der Waals surface area contributed by atoms with Gasteiger partial charge in [-0.2, -0.15) is 0 Å². The fourth-order valence-corrected chi connectivity index (χ4v) is 1.53. The first-order valence-electron chi connectivity index (χ1n) is 6.35. The van der Waals surface area contributed by atoms with E-state index < -0.39 is 0 Å². The largest absolute Gasteiger partial charge is 0.493 e. The van der Waals surface area contributed by atoms with Crippen molar-refractivity contribution in [1.29, 1.82) is 0 Å². The zero-order chi connectivity index (χ0) is 13.4. The highest BCUT2D eigenvalue weighted by molar-refractivity contribution is 5.43. The first-order valence-corrected chi connectivity index (χ1v) is 6.35. The first kappa shape index (κ1) is 14.6. The molecule has 1 atom stereocenters. The van der Waals surface area contributed by atoms with Crippen molar-refractivity contribution in [2.45, 2.75) is 32.9 Å². The predicted octanol–water partition coefficient (Wildman–Crippen LogP) is 3.15. The van der Waals surface area contributed by atoms with Crippen LogP contribution < -0.4 is 14.8 Å². The number of rotatable bonds is 8. The minimum atomic E-state index is 0.487. The van der Waals surface area contributed by atoms with Crippen LogP contribution in [0, 0.1) is 0 Å². The van der Waals surface area contributed by atoms with E-state index in [9.17, 15) is 0 Å². The molecule has 0 amide bonds. The summed E-state index contributed by atoms with van der Waals surface area (Å²) in [6.07, 6.45) is 2.84. The molecule has 1 N–H and O–H groups in total. The Hall–Kier alpha value is -1.48. The van der Waals surface area contributed by atoms with Gasteiger partial charge >= 0.3 is 0 Å². The Morgan fingerprint density at radius 3 is 2.78 bits per heavy atom. The van der Waals surface area contributed by atoms with Gasteiger partial charge in [-0.15, -0.1) is 0 Å². The lowest BCUT2D eigenvalue weighted by Gasteiger charge is -2.14. The average molecular weight is 249 g/mol. The summed E-state index contributed by atoms with van der Waals surface area (Å²) in [4.78, 5) is 0. The van der Waals surface area contributed by atoms with Gasteiger partial charge in [0.2, 0.25) is 0 Å². The summed E-state index contributed by atoms with van der Waals surface area (Å²) in [7, 11) is 1.65. The molecule has 0 aliphatic heterocycles. The van der Waals surface area contributed by atoms with Gasteiger partial charge in [-0.1, -0.05) is 25.6 Å². The highest BCUT2D eigenvalue weighted by Crippen LogP contribution is 2.28. The monoisotopic (exact) mass is 249 g/mol. The number of methoxy groups -OCH3 is 1. The Kier molecular flexibility index (Phi) is 6.29. The maximum Gasteiger partial charge on any atom is 0.161 e. The number of benzene rings is 1. The molecule has 0 spiro atoms. The molecule has 1 rings (SSSR count). The van der Waals surface area contributed by atoms with Crippen LogP contribution in [0.4, 0.5) is 0 Å². The molecule has 0 heterocycles. The van der Waals surface area contributed by atoms with Crippen LogP contribution in [0.2, 0.25) is 0 Å². The number of hydrogen-bond donors (Lipinski definition) is 1. The second-order valence-electron chi connectivity index (χ2n) is 4.28. The van der Waals surface area contributed by atoms with E-state index in [4.69, 9.17) is 9.47 Å². The second-order valence-corrected chi connectivity index (χ2v) is 4.28. The van der Waals surface area contributed by atoms with Crippen molar-refractivity contribution in [1.82, 2.24) is 5.32 Å². The van der Waals surface area contributed by atoms with Crippen molar-refractivity contribution in [3.05, 3.63) is 36.4 Å². The number of nitrogens with one attached hydrogen (secondary N) is 1.